The van der Waals surface area contributed by atoms with Gasteiger partial charge in [0.1, 0.15) is 6.10 Å². The van der Waals surface area contributed by atoms with E-state index >= 15 is 0 Å². The molecule has 2 rings (SSSR count). The van der Waals surface area contributed by atoms with Crippen LogP contribution in [0.3, 0.4) is 0 Å². The van der Waals surface area contributed by atoms with Crippen molar-refractivity contribution in [2.45, 2.75) is 38.9 Å². The van der Waals surface area contributed by atoms with Crippen molar-refractivity contribution >= 4 is 17.5 Å². The summed E-state index contributed by atoms with van der Waals surface area (Å²) in [5, 5.41) is 5.44. The molecule has 0 radical (unpaired) electrons. The SMILES string of the molecule is Cc1cccc(C)c1NC(=O)CNC(=O)[C@@H]1CC[C@H](CN)O1. The topological polar surface area (TPSA) is 93.5 Å². The minimum atomic E-state index is -0.499. The molecule has 0 spiro atoms. The second-order valence-corrected chi connectivity index (χ2v) is 5.59. The molecule has 0 unspecified atom stereocenters. The van der Waals surface area contributed by atoms with Gasteiger partial charge in [0.05, 0.1) is 12.6 Å². The summed E-state index contributed by atoms with van der Waals surface area (Å²) in [5.41, 5.74) is 8.29. The number of benzene rings is 1. The minimum Gasteiger partial charge on any atom is -0.364 e. The van der Waals surface area contributed by atoms with Gasteiger partial charge in [-0.15, -0.1) is 0 Å². The molecular weight excluding hydrogens is 282 g/mol. The fraction of sp³-hybridized carbons (Fsp3) is 0.500. The fourth-order valence-corrected chi connectivity index (χ4v) is 2.55. The van der Waals surface area contributed by atoms with Crippen molar-refractivity contribution < 1.29 is 14.3 Å². The van der Waals surface area contributed by atoms with Gasteiger partial charge < -0.3 is 21.1 Å². The third-order valence-corrected chi connectivity index (χ3v) is 3.83. The molecule has 1 aromatic carbocycles. The van der Waals surface area contributed by atoms with Crippen LogP contribution in [0, 0.1) is 13.8 Å². The molecule has 120 valence electrons. The van der Waals surface area contributed by atoms with Crippen LogP contribution in [0.25, 0.3) is 0 Å². The highest BCUT2D eigenvalue weighted by Crippen LogP contribution is 2.20. The lowest BCUT2D eigenvalue weighted by atomic mass is 10.1. The number of ether oxygens (including phenoxy) is 1. The number of nitrogens with two attached hydrogens (primary N) is 1. The van der Waals surface area contributed by atoms with Crippen LogP contribution in [0.15, 0.2) is 18.2 Å². The summed E-state index contributed by atoms with van der Waals surface area (Å²) in [6.45, 7) is 4.21. The number of rotatable bonds is 5. The van der Waals surface area contributed by atoms with Gasteiger partial charge in [-0.3, -0.25) is 9.59 Å². The quantitative estimate of drug-likeness (QED) is 0.752. The van der Waals surface area contributed by atoms with Crippen molar-refractivity contribution in [2.24, 2.45) is 5.73 Å². The summed E-state index contributed by atoms with van der Waals surface area (Å²) in [6, 6.07) is 5.80. The molecule has 1 heterocycles. The normalized spacial score (nSPS) is 20.7. The molecule has 1 saturated heterocycles. The van der Waals surface area contributed by atoms with Crippen LogP contribution in [-0.4, -0.2) is 37.1 Å². The molecule has 2 amide bonds. The lowest BCUT2D eigenvalue weighted by Crippen LogP contribution is -2.39. The summed E-state index contributed by atoms with van der Waals surface area (Å²) < 4.78 is 5.49. The zero-order valence-electron chi connectivity index (χ0n) is 13.0. The number of carbonyl (C=O) groups excluding carboxylic acids is 2. The Bertz CT molecular complexity index is 539. The number of hydrogen-bond donors (Lipinski definition) is 3. The van der Waals surface area contributed by atoms with Crippen molar-refractivity contribution in [2.75, 3.05) is 18.4 Å². The molecule has 22 heavy (non-hydrogen) atoms. The third-order valence-electron chi connectivity index (χ3n) is 3.83. The fourth-order valence-electron chi connectivity index (χ4n) is 2.55. The predicted molar refractivity (Wildman–Crippen MR) is 84.5 cm³/mol. The Morgan fingerprint density at radius 3 is 2.55 bits per heavy atom. The highest BCUT2D eigenvalue weighted by molar-refractivity contribution is 5.96. The van der Waals surface area contributed by atoms with E-state index in [9.17, 15) is 9.59 Å². The summed E-state index contributed by atoms with van der Waals surface area (Å²) in [5.74, 6) is -0.508. The predicted octanol–water partition coefficient (Wildman–Crippen LogP) is 0.864. The molecule has 0 bridgehead atoms. The molecule has 6 heteroatoms. The van der Waals surface area contributed by atoms with Gasteiger partial charge in [0.15, 0.2) is 0 Å². The van der Waals surface area contributed by atoms with Crippen LogP contribution in [0.1, 0.15) is 24.0 Å². The van der Waals surface area contributed by atoms with Crippen LogP contribution >= 0.6 is 0 Å². The van der Waals surface area contributed by atoms with Crippen LogP contribution in [0.2, 0.25) is 0 Å². The van der Waals surface area contributed by atoms with Crippen LogP contribution in [0.5, 0.6) is 0 Å². The monoisotopic (exact) mass is 305 g/mol. The summed E-state index contributed by atoms with van der Waals surface area (Å²) >= 11 is 0. The molecule has 0 aromatic heterocycles. The van der Waals surface area contributed by atoms with E-state index in [1.165, 1.54) is 0 Å². The molecule has 4 N–H and O–H groups in total. The van der Waals surface area contributed by atoms with Crippen LogP contribution in [0.4, 0.5) is 5.69 Å². The van der Waals surface area contributed by atoms with Crippen molar-refractivity contribution in [1.82, 2.24) is 5.32 Å². The Balaban J connectivity index is 1.82. The Hall–Kier alpha value is -1.92. The molecule has 1 fully saturated rings. The number of anilines is 1. The maximum absolute atomic E-state index is 12.0. The van der Waals surface area contributed by atoms with E-state index in [4.69, 9.17) is 10.5 Å². The zero-order chi connectivity index (χ0) is 16.1. The Morgan fingerprint density at radius 1 is 1.27 bits per heavy atom. The number of nitrogens with one attached hydrogen (secondary N) is 2. The number of carbonyl (C=O) groups is 2. The maximum atomic E-state index is 12.0. The molecule has 1 aliphatic rings. The van der Waals surface area contributed by atoms with Crippen molar-refractivity contribution in [3.8, 4) is 0 Å². The number of hydrogen-bond acceptors (Lipinski definition) is 4. The lowest BCUT2D eigenvalue weighted by molar-refractivity contribution is -0.133. The third kappa shape index (κ3) is 4.05. The van der Waals surface area contributed by atoms with Crippen molar-refractivity contribution in [3.63, 3.8) is 0 Å². The van der Waals surface area contributed by atoms with Gasteiger partial charge in [0.25, 0.3) is 0 Å². The smallest absolute Gasteiger partial charge is 0.249 e. The Labute approximate surface area is 130 Å². The summed E-state index contributed by atoms with van der Waals surface area (Å²) in [7, 11) is 0. The molecule has 6 nitrogen and oxygen atoms in total. The van der Waals surface area contributed by atoms with Crippen LogP contribution in [-0.2, 0) is 14.3 Å². The first-order valence-electron chi connectivity index (χ1n) is 7.50. The Kier molecular flexibility index (Phi) is 5.51. The second-order valence-electron chi connectivity index (χ2n) is 5.59. The highest BCUT2D eigenvalue weighted by Gasteiger charge is 2.29. The van der Waals surface area contributed by atoms with E-state index in [0.717, 1.165) is 23.2 Å². The molecule has 0 saturated carbocycles. The van der Waals surface area contributed by atoms with Gasteiger partial charge in [0, 0.05) is 12.2 Å². The number of amides is 2. The first kappa shape index (κ1) is 16.5. The van der Waals surface area contributed by atoms with E-state index in [2.05, 4.69) is 10.6 Å². The number of para-hydroxylation sites is 1. The van der Waals surface area contributed by atoms with Gasteiger partial charge in [0.2, 0.25) is 11.8 Å². The maximum Gasteiger partial charge on any atom is 0.249 e. The average molecular weight is 305 g/mol. The standard InChI is InChI=1S/C16H23N3O3/c1-10-4-3-5-11(2)15(10)19-14(20)9-18-16(21)13-7-6-12(8-17)22-13/h3-5,12-13H,6-9,17H2,1-2H3,(H,18,21)(H,19,20)/t12-,13+/m1/s1. The molecule has 2 atom stereocenters. The van der Waals surface area contributed by atoms with Crippen molar-refractivity contribution in [3.05, 3.63) is 29.3 Å². The largest absolute Gasteiger partial charge is 0.364 e. The molecule has 0 aliphatic carbocycles. The lowest BCUT2D eigenvalue weighted by Gasteiger charge is -2.14. The van der Waals surface area contributed by atoms with E-state index < -0.39 is 6.10 Å². The van der Waals surface area contributed by atoms with E-state index in [1.807, 2.05) is 32.0 Å². The van der Waals surface area contributed by atoms with Gasteiger partial charge in [-0.05, 0) is 37.8 Å². The van der Waals surface area contributed by atoms with E-state index in [0.29, 0.717) is 13.0 Å². The molecular formula is C16H23N3O3. The first-order chi connectivity index (χ1) is 10.5. The highest BCUT2D eigenvalue weighted by atomic mass is 16.5. The first-order valence-corrected chi connectivity index (χ1v) is 7.50. The second kappa shape index (κ2) is 7.38. The van der Waals surface area contributed by atoms with Crippen molar-refractivity contribution in [1.29, 1.82) is 0 Å². The summed E-state index contributed by atoms with van der Waals surface area (Å²) in [4.78, 5) is 23.9. The van der Waals surface area contributed by atoms with Crippen LogP contribution < -0.4 is 16.4 Å². The van der Waals surface area contributed by atoms with E-state index in [-0.39, 0.29) is 24.5 Å². The zero-order valence-corrected chi connectivity index (χ0v) is 13.0. The van der Waals surface area contributed by atoms with Gasteiger partial charge >= 0.3 is 0 Å². The molecule has 1 aliphatic heterocycles. The summed E-state index contributed by atoms with van der Waals surface area (Å²) in [6.07, 6.45) is 0.871. The molecule has 1 aromatic rings. The van der Waals surface area contributed by atoms with Gasteiger partial charge in [-0.1, -0.05) is 18.2 Å². The minimum absolute atomic E-state index is 0.0563. The van der Waals surface area contributed by atoms with Gasteiger partial charge in [-0.25, -0.2) is 0 Å². The van der Waals surface area contributed by atoms with Gasteiger partial charge in [-0.2, -0.15) is 0 Å². The van der Waals surface area contributed by atoms with E-state index in [1.54, 1.807) is 0 Å². The number of aryl methyl sites for hydroxylation is 2. The average Bonchev–Trinajstić information content (AvgIpc) is 2.98. The Morgan fingerprint density at radius 2 is 1.95 bits per heavy atom.